The first-order valence-electron chi connectivity index (χ1n) is 35.7. The molecule has 0 aromatic rings. The van der Waals surface area contributed by atoms with Crippen molar-refractivity contribution in [2.24, 2.45) is 0 Å². The maximum atomic E-state index is 12.5. The van der Waals surface area contributed by atoms with Gasteiger partial charge in [0.25, 0.3) is 0 Å². The van der Waals surface area contributed by atoms with Gasteiger partial charge in [-0.3, -0.25) is 9.59 Å². The molecule has 0 aliphatic rings. The number of hydrogen-bond donors (Lipinski definition) is 3. The van der Waals surface area contributed by atoms with E-state index in [1.54, 1.807) is 0 Å². The molecule has 0 rings (SSSR count). The minimum absolute atomic E-state index is 0.00207. The smallest absolute Gasteiger partial charge is 0.305 e. The summed E-state index contributed by atoms with van der Waals surface area (Å²) in [7, 11) is 0. The van der Waals surface area contributed by atoms with Gasteiger partial charge in [-0.2, -0.15) is 0 Å². The molecule has 6 nitrogen and oxygen atoms in total. The number of aliphatic hydroxyl groups is 2. The average molecular weight is 1110 g/mol. The minimum atomic E-state index is -0.664. The topological polar surface area (TPSA) is 95.9 Å². The minimum Gasteiger partial charge on any atom is -0.466 e. The summed E-state index contributed by atoms with van der Waals surface area (Å²) in [4.78, 5) is 24.6. The van der Waals surface area contributed by atoms with Crippen LogP contribution in [0.15, 0.2) is 36.5 Å². The first-order chi connectivity index (χ1) is 39.0. The van der Waals surface area contributed by atoms with Crippen molar-refractivity contribution >= 4 is 11.9 Å². The van der Waals surface area contributed by atoms with Crippen molar-refractivity contribution in [3.8, 4) is 0 Å². The summed E-state index contributed by atoms with van der Waals surface area (Å²) >= 11 is 0. The van der Waals surface area contributed by atoms with Gasteiger partial charge in [0.1, 0.15) is 0 Å². The summed E-state index contributed by atoms with van der Waals surface area (Å²) in [5.41, 5.74) is 0. The number of unbranched alkanes of at least 4 members (excludes halogenated alkanes) is 50. The Morgan fingerprint density at radius 3 is 1.03 bits per heavy atom. The molecule has 0 heterocycles. The second-order valence-corrected chi connectivity index (χ2v) is 24.6. The van der Waals surface area contributed by atoms with Gasteiger partial charge in [-0.1, -0.05) is 339 Å². The van der Waals surface area contributed by atoms with Crippen molar-refractivity contribution < 1.29 is 24.5 Å². The van der Waals surface area contributed by atoms with Crippen molar-refractivity contribution in [1.82, 2.24) is 5.32 Å². The average Bonchev–Trinajstić information content (AvgIpc) is 3.45. The molecule has 0 fully saturated rings. The third-order valence-corrected chi connectivity index (χ3v) is 16.6. The summed E-state index contributed by atoms with van der Waals surface area (Å²) in [6.07, 6.45) is 87.7. The molecule has 0 aliphatic carbocycles. The van der Waals surface area contributed by atoms with E-state index in [1.165, 1.54) is 308 Å². The number of carbonyl (C=O) groups excluding carboxylic acids is 2. The molecule has 0 saturated carbocycles. The summed E-state index contributed by atoms with van der Waals surface area (Å²) in [5, 5.41) is 23.4. The third kappa shape index (κ3) is 65.1. The van der Waals surface area contributed by atoms with Crippen LogP contribution in [0.3, 0.4) is 0 Å². The number of nitrogens with one attached hydrogen (secondary N) is 1. The van der Waals surface area contributed by atoms with E-state index >= 15 is 0 Å². The van der Waals surface area contributed by atoms with Crippen molar-refractivity contribution in [2.75, 3.05) is 13.2 Å². The Morgan fingerprint density at radius 1 is 0.354 bits per heavy atom. The number of esters is 1. The van der Waals surface area contributed by atoms with Gasteiger partial charge in [-0.25, -0.2) is 0 Å². The van der Waals surface area contributed by atoms with Crippen molar-refractivity contribution in [3.05, 3.63) is 36.5 Å². The number of amides is 1. The monoisotopic (exact) mass is 1110 g/mol. The highest BCUT2D eigenvalue weighted by Gasteiger charge is 2.20. The number of aliphatic hydroxyl groups excluding tert-OH is 2. The summed E-state index contributed by atoms with van der Waals surface area (Å²) in [6.45, 7) is 4.92. The molecule has 0 saturated heterocycles. The number of ether oxygens (including phenoxy) is 1. The van der Waals surface area contributed by atoms with Crippen LogP contribution in [0.25, 0.3) is 0 Å². The predicted molar refractivity (Wildman–Crippen MR) is 347 cm³/mol. The molecular formula is C73H139NO5. The number of hydrogen-bond acceptors (Lipinski definition) is 5. The zero-order valence-corrected chi connectivity index (χ0v) is 53.4. The summed E-state index contributed by atoms with van der Waals surface area (Å²) in [5.74, 6) is -0.0277. The number of carbonyl (C=O) groups is 2. The Morgan fingerprint density at radius 2 is 0.658 bits per heavy atom. The molecular weight excluding hydrogens is 971 g/mol. The Balaban J connectivity index is 3.37. The van der Waals surface area contributed by atoms with E-state index in [4.69, 9.17) is 4.74 Å². The van der Waals surface area contributed by atoms with Crippen LogP contribution in [-0.4, -0.2) is 47.4 Å². The fourth-order valence-corrected chi connectivity index (χ4v) is 11.2. The van der Waals surface area contributed by atoms with E-state index < -0.39 is 12.1 Å². The van der Waals surface area contributed by atoms with Gasteiger partial charge in [0.2, 0.25) is 5.91 Å². The Labute approximate surface area is 494 Å². The lowest BCUT2D eigenvalue weighted by molar-refractivity contribution is -0.143. The SMILES string of the molecule is CCC/C=C\C/C=C\CCCCCCCC(=O)OCCCCCCCCCCCCCC/C=C\CCCCCCCCCCCCCCCCC(=O)NC(CO)C(O)CCCCCCCCCCCCCCCCCCCCC. The predicted octanol–water partition coefficient (Wildman–Crippen LogP) is 23.1. The molecule has 0 radical (unpaired) electrons. The fraction of sp³-hybridized carbons (Fsp3) is 0.890. The van der Waals surface area contributed by atoms with Crippen LogP contribution >= 0.6 is 0 Å². The maximum Gasteiger partial charge on any atom is 0.305 e. The van der Waals surface area contributed by atoms with E-state index in [0.717, 1.165) is 51.4 Å². The second-order valence-electron chi connectivity index (χ2n) is 24.6. The van der Waals surface area contributed by atoms with Gasteiger partial charge in [0.05, 0.1) is 25.4 Å². The normalized spacial score (nSPS) is 12.7. The van der Waals surface area contributed by atoms with E-state index in [9.17, 15) is 19.8 Å². The van der Waals surface area contributed by atoms with Crippen molar-refractivity contribution in [1.29, 1.82) is 0 Å². The van der Waals surface area contributed by atoms with Gasteiger partial charge in [0.15, 0.2) is 0 Å². The van der Waals surface area contributed by atoms with Gasteiger partial charge in [0, 0.05) is 12.8 Å². The van der Waals surface area contributed by atoms with E-state index in [1.807, 2.05) is 0 Å². The van der Waals surface area contributed by atoms with Gasteiger partial charge in [-0.15, -0.1) is 0 Å². The lowest BCUT2D eigenvalue weighted by Gasteiger charge is -2.22. The molecule has 79 heavy (non-hydrogen) atoms. The van der Waals surface area contributed by atoms with Crippen LogP contribution < -0.4 is 5.32 Å². The standard InChI is InChI=1S/C73H139NO5/c1-3-5-7-9-11-13-15-17-18-19-32-35-38-42-45-49-53-57-61-65-71(76)70(69-75)74-72(77)66-62-58-54-50-46-43-39-36-33-30-28-26-24-22-20-21-23-25-27-29-31-34-37-40-44-48-52-56-60-64-68-79-73(78)67-63-59-55-51-47-41-16-14-12-10-8-6-4-2/h8,10,14,16,21,23,70-71,75-76H,3-7,9,11-13,15,17-20,22,24-69H2,1-2H3,(H,74,77)/b10-8-,16-14-,23-21-. The third-order valence-electron chi connectivity index (χ3n) is 16.6. The molecule has 3 N–H and O–H groups in total. The van der Waals surface area contributed by atoms with Crippen LogP contribution in [0, 0.1) is 0 Å². The highest BCUT2D eigenvalue weighted by atomic mass is 16.5. The first kappa shape index (κ1) is 77.1. The summed E-state index contributed by atoms with van der Waals surface area (Å²) in [6, 6.07) is -0.541. The van der Waals surface area contributed by atoms with Crippen LogP contribution in [-0.2, 0) is 14.3 Å². The number of allylic oxidation sites excluding steroid dienone is 6. The van der Waals surface area contributed by atoms with Crippen LogP contribution in [0.5, 0.6) is 0 Å². The zero-order valence-electron chi connectivity index (χ0n) is 53.4. The highest BCUT2D eigenvalue weighted by Crippen LogP contribution is 2.19. The Bertz CT molecular complexity index is 1280. The van der Waals surface area contributed by atoms with Crippen molar-refractivity contribution in [2.45, 2.75) is 405 Å². The van der Waals surface area contributed by atoms with E-state index in [2.05, 4.69) is 55.6 Å². The van der Waals surface area contributed by atoms with Gasteiger partial charge < -0.3 is 20.3 Å². The van der Waals surface area contributed by atoms with Crippen molar-refractivity contribution in [3.63, 3.8) is 0 Å². The molecule has 2 unspecified atom stereocenters. The van der Waals surface area contributed by atoms with Crippen LogP contribution in [0.2, 0.25) is 0 Å². The largest absolute Gasteiger partial charge is 0.466 e. The molecule has 2 atom stereocenters. The van der Waals surface area contributed by atoms with Crippen LogP contribution in [0.4, 0.5) is 0 Å². The molecule has 0 bridgehead atoms. The molecule has 0 aromatic heterocycles. The van der Waals surface area contributed by atoms with Gasteiger partial charge >= 0.3 is 5.97 Å². The second kappa shape index (κ2) is 68.6. The molecule has 0 spiro atoms. The Hall–Kier alpha value is -1.92. The quantitative estimate of drug-likeness (QED) is 0.0320. The van der Waals surface area contributed by atoms with Gasteiger partial charge in [-0.05, 0) is 77.0 Å². The van der Waals surface area contributed by atoms with E-state index in [0.29, 0.717) is 25.9 Å². The molecule has 6 heteroatoms. The fourth-order valence-electron chi connectivity index (χ4n) is 11.2. The lowest BCUT2D eigenvalue weighted by atomic mass is 10.0. The van der Waals surface area contributed by atoms with E-state index in [-0.39, 0.29) is 18.5 Å². The first-order valence-corrected chi connectivity index (χ1v) is 35.7. The summed E-state index contributed by atoms with van der Waals surface area (Å²) < 4.78 is 5.47. The lowest BCUT2D eigenvalue weighted by Crippen LogP contribution is -2.45. The van der Waals surface area contributed by atoms with Crippen LogP contribution in [0.1, 0.15) is 393 Å². The maximum absolute atomic E-state index is 12.5. The molecule has 466 valence electrons. The molecule has 1 amide bonds. The highest BCUT2D eigenvalue weighted by molar-refractivity contribution is 5.76. The molecule has 0 aliphatic heterocycles. The molecule has 0 aromatic carbocycles. The number of rotatable bonds is 67. The Kier molecular flexibility index (Phi) is 66.9. The zero-order chi connectivity index (χ0) is 57.1.